The van der Waals surface area contributed by atoms with E-state index in [4.69, 9.17) is 23.2 Å². The fourth-order valence-corrected chi connectivity index (χ4v) is 3.24. The van der Waals surface area contributed by atoms with E-state index in [-0.39, 0.29) is 5.91 Å². The van der Waals surface area contributed by atoms with Crippen molar-refractivity contribution in [1.29, 1.82) is 0 Å². The van der Waals surface area contributed by atoms with E-state index in [9.17, 15) is 4.79 Å². The minimum Gasteiger partial charge on any atom is -0.388 e. The van der Waals surface area contributed by atoms with Gasteiger partial charge in [0.05, 0.1) is 15.7 Å². The van der Waals surface area contributed by atoms with Crippen molar-refractivity contribution in [1.82, 2.24) is 0 Å². The van der Waals surface area contributed by atoms with Crippen LogP contribution in [-0.2, 0) is 0 Å². The van der Waals surface area contributed by atoms with E-state index in [1.807, 2.05) is 26.1 Å². The summed E-state index contributed by atoms with van der Waals surface area (Å²) in [7, 11) is 1.84. The van der Waals surface area contributed by atoms with Crippen LogP contribution in [0.5, 0.6) is 0 Å². The van der Waals surface area contributed by atoms with Gasteiger partial charge in [0.15, 0.2) is 0 Å². The van der Waals surface area contributed by atoms with Crippen molar-refractivity contribution in [2.45, 2.75) is 6.92 Å². The normalized spacial score (nSPS) is 10.3. The van der Waals surface area contributed by atoms with Crippen LogP contribution in [0, 0.1) is 6.92 Å². The van der Waals surface area contributed by atoms with Crippen molar-refractivity contribution >= 4 is 56.4 Å². The number of hydrogen-bond acceptors (Lipinski definition) is 2. The summed E-state index contributed by atoms with van der Waals surface area (Å²) < 4.78 is 0.754. The first-order valence-electron chi connectivity index (χ1n) is 6.16. The highest BCUT2D eigenvalue weighted by Crippen LogP contribution is 2.34. The first-order chi connectivity index (χ1) is 9.92. The van der Waals surface area contributed by atoms with Crippen LogP contribution in [0.15, 0.2) is 34.8 Å². The predicted octanol–water partition coefficient (Wildman–Crippen LogP) is 5.36. The minimum atomic E-state index is -0.258. The Kier molecular flexibility index (Phi) is 5.14. The molecule has 0 bridgehead atoms. The molecule has 110 valence electrons. The molecule has 1 amide bonds. The zero-order valence-corrected chi connectivity index (χ0v) is 14.5. The summed E-state index contributed by atoms with van der Waals surface area (Å²) in [5, 5.41) is 6.56. The monoisotopic (exact) mass is 386 g/mol. The van der Waals surface area contributed by atoms with E-state index in [1.165, 1.54) is 0 Å². The molecular weight excluding hydrogens is 375 g/mol. The third-order valence-corrected chi connectivity index (χ3v) is 4.06. The highest BCUT2D eigenvalue weighted by molar-refractivity contribution is 9.10. The molecule has 0 aliphatic carbocycles. The van der Waals surface area contributed by atoms with E-state index in [0.29, 0.717) is 21.3 Å². The maximum atomic E-state index is 12.3. The summed E-state index contributed by atoms with van der Waals surface area (Å²) in [5.41, 5.74) is 2.91. The molecule has 2 aromatic carbocycles. The maximum Gasteiger partial charge on any atom is 0.255 e. The lowest BCUT2D eigenvalue weighted by atomic mass is 10.1. The van der Waals surface area contributed by atoms with Crippen molar-refractivity contribution in [2.75, 3.05) is 17.7 Å². The van der Waals surface area contributed by atoms with Gasteiger partial charge in [0.1, 0.15) is 0 Å². The van der Waals surface area contributed by atoms with Crippen LogP contribution in [0.4, 0.5) is 11.4 Å². The van der Waals surface area contributed by atoms with Crippen LogP contribution in [0.25, 0.3) is 0 Å². The molecular formula is C15H13BrCl2N2O. The van der Waals surface area contributed by atoms with Gasteiger partial charge in [-0.15, -0.1) is 0 Å². The second-order valence-corrected chi connectivity index (χ2v) is 6.21. The summed E-state index contributed by atoms with van der Waals surface area (Å²) in [4.78, 5) is 12.3. The highest BCUT2D eigenvalue weighted by Gasteiger charge is 2.13. The Morgan fingerprint density at radius 1 is 1.14 bits per heavy atom. The first-order valence-corrected chi connectivity index (χ1v) is 7.71. The van der Waals surface area contributed by atoms with E-state index in [2.05, 4.69) is 26.6 Å². The Bertz CT molecular complexity index is 681. The number of halogens is 3. The topological polar surface area (TPSA) is 41.1 Å². The van der Waals surface area contributed by atoms with Crippen molar-refractivity contribution < 1.29 is 4.79 Å². The second kappa shape index (κ2) is 6.69. The van der Waals surface area contributed by atoms with Crippen LogP contribution < -0.4 is 10.6 Å². The SMILES string of the molecule is CNc1ccc(C(=O)Nc2c(Cl)cc(Br)cc2Cl)cc1C. The van der Waals surface area contributed by atoms with Crippen LogP contribution in [-0.4, -0.2) is 13.0 Å². The molecule has 3 nitrogen and oxygen atoms in total. The van der Waals surface area contributed by atoms with Gasteiger partial charge in [0.25, 0.3) is 5.91 Å². The van der Waals surface area contributed by atoms with E-state index < -0.39 is 0 Å². The Morgan fingerprint density at radius 3 is 2.29 bits per heavy atom. The molecule has 21 heavy (non-hydrogen) atoms. The summed E-state index contributed by atoms with van der Waals surface area (Å²) in [6, 6.07) is 8.77. The number of anilines is 2. The van der Waals surface area contributed by atoms with Gasteiger partial charge in [-0.2, -0.15) is 0 Å². The van der Waals surface area contributed by atoms with Gasteiger partial charge in [-0.25, -0.2) is 0 Å². The predicted molar refractivity (Wildman–Crippen MR) is 92.8 cm³/mol. The van der Waals surface area contributed by atoms with Gasteiger partial charge in [0, 0.05) is 22.8 Å². The van der Waals surface area contributed by atoms with Gasteiger partial charge >= 0.3 is 0 Å². The lowest BCUT2D eigenvalue weighted by Gasteiger charge is -2.11. The molecule has 0 aromatic heterocycles. The molecule has 6 heteroatoms. The molecule has 0 saturated heterocycles. The molecule has 0 saturated carbocycles. The molecule has 0 heterocycles. The molecule has 2 rings (SSSR count). The third kappa shape index (κ3) is 3.70. The zero-order valence-electron chi connectivity index (χ0n) is 11.4. The number of carbonyl (C=O) groups is 1. The van der Waals surface area contributed by atoms with Crippen molar-refractivity contribution in [3.05, 3.63) is 56.0 Å². The average Bonchev–Trinajstić information content (AvgIpc) is 2.42. The highest BCUT2D eigenvalue weighted by atomic mass is 79.9. The first kappa shape index (κ1) is 16.1. The van der Waals surface area contributed by atoms with E-state index in [1.54, 1.807) is 18.2 Å². The molecule has 0 aliphatic rings. The lowest BCUT2D eigenvalue weighted by Crippen LogP contribution is -2.13. The zero-order chi connectivity index (χ0) is 15.6. The third-order valence-electron chi connectivity index (χ3n) is 3.00. The number of nitrogens with one attached hydrogen (secondary N) is 2. The summed E-state index contributed by atoms with van der Waals surface area (Å²) in [6.45, 7) is 1.93. The standard InChI is InChI=1S/C15H13BrCl2N2O/c1-8-5-9(3-4-13(8)19-2)15(21)20-14-11(17)6-10(16)7-12(14)18/h3-7,19H,1-2H3,(H,20,21). The van der Waals surface area contributed by atoms with Gasteiger partial charge in [-0.1, -0.05) is 39.1 Å². The van der Waals surface area contributed by atoms with Crippen molar-refractivity contribution in [2.24, 2.45) is 0 Å². The number of amides is 1. The van der Waals surface area contributed by atoms with Gasteiger partial charge < -0.3 is 10.6 Å². The van der Waals surface area contributed by atoms with Gasteiger partial charge in [0.2, 0.25) is 0 Å². The van der Waals surface area contributed by atoms with Gasteiger partial charge in [-0.3, -0.25) is 4.79 Å². The Labute approximate surface area is 141 Å². The fraction of sp³-hybridized carbons (Fsp3) is 0.133. The number of carbonyl (C=O) groups excluding carboxylic acids is 1. The second-order valence-electron chi connectivity index (χ2n) is 4.48. The minimum absolute atomic E-state index is 0.258. The molecule has 0 unspecified atom stereocenters. The van der Waals surface area contributed by atoms with E-state index >= 15 is 0 Å². The Morgan fingerprint density at radius 2 is 1.76 bits per heavy atom. The van der Waals surface area contributed by atoms with Crippen molar-refractivity contribution in [3.63, 3.8) is 0 Å². The molecule has 0 aliphatic heterocycles. The van der Waals surface area contributed by atoms with E-state index in [0.717, 1.165) is 15.7 Å². The van der Waals surface area contributed by atoms with Crippen LogP contribution in [0.3, 0.4) is 0 Å². The average molecular weight is 388 g/mol. The number of hydrogen-bond donors (Lipinski definition) is 2. The van der Waals surface area contributed by atoms with Crippen molar-refractivity contribution in [3.8, 4) is 0 Å². The largest absolute Gasteiger partial charge is 0.388 e. The number of aryl methyl sites for hydroxylation is 1. The van der Waals surface area contributed by atoms with Gasteiger partial charge in [-0.05, 0) is 42.8 Å². The molecule has 2 N–H and O–H groups in total. The lowest BCUT2D eigenvalue weighted by molar-refractivity contribution is 0.102. The van der Waals surface area contributed by atoms with Crippen LogP contribution in [0.2, 0.25) is 10.0 Å². The summed E-state index contributed by atoms with van der Waals surface area (Å²) >= 11 is 15.5. The molecule has 0 spiro atoms. The molecule has 2 aromatic rings. The molecule has 0 radical (unpaired) electrons. The quantitative estimate of drug-likeness (QED) is 0.744. The molecule has 0 fully saturated rings. The van der Waals surface area contributed by atoms with Crippen LogP contribution in [0.1, 0.15) is 15.9 Å². The molecule has 0 atom stereocenters. The Balaban J connectivity index is 2.28. The fourth-order valence-electron chi connectivity index (χ4n) is 1.93. The smallest absolute Gasteiger partial charge is 0.255 e. The summed E-state index contributed by atoms with van der Waals surface area (Å²) in [5.74, 6) is -0.258. The van der Waals surface area contributed by atoms with Crippen LogP contribution >= 0.6 is 39.1 Å². The maximum absolute atomic E-state index is 12.3. The Hall–Kier alpha value is -1.23. The summed E-state index contributed by atoms with van der Waals surface area (Å²) in [6.07, 6.45) is 0. The number of rotatable bonds is 3. The number of benzene rings is 2.